The molecule has 0 unspecified atom stereocenters. The molecule has 0 radical (unpaired) electrons. The maximum Gasteiger partial charge on any atom is 0.361 e. The lowest BCUT2D eigenvalue weighted by Crippen LogP contribution is -2.12. The van der Waals surface area contributed by atoms with E-state index in [-0.39, 0.29) is 18.1 Å². The minimum atomic E-state index is -0.654. The van der Waals surface area contributed by atoms with Crippen LogP contribution in [0.2, 0.25) is 0 Å². The standard InChI is InChI=1S/C14H13NO4/c1-9(16)8-18-14(17)12-10(2)19-13(15-12)11-6-4-3-5-7-11/h3-7H,8H2,1-2H3. The molecule has 2 aromatic rings. The van der Waals surface area contributed by atoms with Gasteiger partial charge in [-0.25, -0.2) is 9.78 Å². The molecule has 0 amide bonds. The molecule has 0 aliphatic carbocycles. The molecule has 98 valence electrons. The van der Waals surface area contributed by atoms with Crippen LogP contribution in [0.4, 0.5) is 0 Å². The smallest absolute Gasteiger partial charge is 0.361 e. The summed E-state index contributed by atoms with van der Waals surface area (Å²) in [5.41, 5.74) is 0.872. The van der Waals surface area contributed by atoms with Gasteiger partial charge < -0.3 is 9.15 Å². The number of ether oxygens (including phenoxy) is 1. The van der Waals surface area contributed by atoms with Gasteiger partial charge in [0.2, 0.25) is 5.89 Å². The molecule has 1 heterocycles. The number of oxazole rings is 1. The highest BCUT2D eigenvalue weighted by Gasteiger charge is 2.19. The number of aromatic nitrogens is 1. The summed E-state index contributed by atoms with van der Waals surface area (Å²) in [6, 6.07) is 9.23. The van der Waals surface area contributed by atoms with E-state index in [4.69, 9.17) is 9.15 Å². The molecule has 0 fully saturated rings. The number of rotatable bonds is 4. The molecule has 2 rings (SSSR count). The van der Waals surface area contributed by atoms with Crippen molar-refractivity contribution >= 4 is 11.8 Å². The number of carbonyl (C=O) groups excluding carboxylic acids is 2. The zero-order valence-electron chi connectivity index (χ0n) is 10.7. The molecule has 19 heavy (non-hydrogen) atoms. The predicted molar refractivity (Wildman–Crippen MR) is 67.6 cm³/mol. The van der Waals surface area contributed by atoms with Crippen molar-refractivity contribution in [1.29, 1.82) is 0 Å². The first kappa shape index (κ1) is 13.0. The maximum absolute atomic E-state index is 11.7. The Morgan fingerprint density at radius 2 is 1.95 bits per heavy atom. The Morgan fingerprint density at radius 3 is 2.58 bits per heavy atom. The van der Waals surface area contributed by atoms with Gasteiger partial charge in [0, 0.05) is 5.56 Å². The minimum absolute atomic E-state index is 0.0973. The molecular formula is C14H13NO4. The number of hydrogen-bond donors (Lipinski definition) is 0. The summed E-state index contributed by atoms with van der Waals surface area (Å²) in [7, 11) is 0. The second-order valence-corrected chi connectivity index (χ2v) is 4.07. The van der Waals surface area contributed by atoms with E-state index in [2.05, 4.69) is 4.98 Å². The number of hydrogen-bond acceptors (Lipinski definition) is 5. The lowest BCUT2D eigenvalue weighted by atomic mass is 10.2. The average Bonchev–Trinajstić information content (AvgIpc) is 2.79. The van der Waals surface area contributed by atoms with Gasteiger partial charge in [-0.05, 0) is 26.0 Å². The van der Waals surface area contributed by atoms with E-state index in [1.54, 1.807) is 6.92 Å². The molecule has 0 saturated heterocycles. The summed E-state index contributed by atoms with van der Waals surface area (Å²) in [6.45, 7) is 2.72. The first-order valence-corrected chi connectivity index (χ1v) is 5.77. The highest BCUT2D eigenvalue weighted by Crippen LogP contribution is 2.21. The highest BCUT2D eigenvalue weighted by molar-refractivity contribution is 5.90. The first-order chi connectivity index (χ1) is 9.08. The van der Waals surface area contributed by atoms with Crippen LogP contribution in [0, 0.1) is 6.92 Å². The number of aryl methyl sites for hydroxylation is 1. The third kappa shape index (κ3) is 3.07. The molecule has 1 aromatic heterocycles. The van der Waals surface area contributed by atoms with Crippen molar-refractivity contribution in [2.24, 2.45) is 0 Å². The molecule has 1 aromatic carbocycles. The van der Waals surface area contributed by atoms with Crippen LogP contribution in [-0.2, 0) is 9.53 Å². The second-order valence-electron chi connectivity index (χ2n) is 4.07. The minimum Gasteiger partial charge on any atom is -0.453 e. The van der Waals surface area contributed by atoms with E-state index < -0.39 is 5.97 Å². The van der Waals surface area contributed by atoms with E-state index in [9.17, 15) is 9.59 Å². The van der Waals surface area contributed by atoms with Gasteiger partial charge in [-0.2, -0.15) is 0 Å². The van der Waals surface area contributed by atoms with Gasteiger partial charge >= 0.3 is 5.97 Å². The fraction of sp³-hybridized carbons (Fsp3) is 0.214. The van der Waals surface area contributed by atoms with Crippen LogP contribution in [0.3, 0.4) is 0 Å². The summed E-state index contributed by atoms with van der Waals surface area (Å²) in [5, 5.41) is 0. The van der Waals surface area contributed by atoms with Gasteiger partial charge in [0.15, 0.2) is 11.5 Å². The fourth-order valence-electron chi connectivity index (χ4n) is 1.53. The molecule has 0 aliphatic heterocycles. The maximum atomic E-state index is 11.7. The monoisotopic (exact) mass is 259 g/mol. The van der Waals surface area contributed by atoms with Gasteiger partial charge in [-0.3, -0.25) is 4.79 Å². The lowest BCUT2D eigenvalue weighted by molar-refractivity contribution is -0.120. The SMILES string of the molecule is CC(=O)COC(=O)c1nc(-c2ccccc2)oc1C. The normalized spacial score (nSPS) is 10.2. The average molecular weight is 259 g/mol. The molecule has 0 aliphatic rings. The Balaban J connectivity index is 2.22. The van der Waals surface area contributed by atoms with Crippen molar-refractivity contribution < 1.29 is 18.7 Å². The Hall–Kier alpha value is -2.43. The molecule has 0 saturated carbocycles. The molecule has 5 heteroatoms. The number of ketones is 1. The van der Waals surface area contributed by atoms with E-state index in [0.717, 1.165) is 5.56 Å². The van der Waals surface area contributed by atoms with E-state index >= 15 is 0 Å². The van der Waals surface area contributed by atoms with Gasteiger partial charge in [0.25, 0.3) is 0 Å². The summed E-state index contributed by atoms with van der Waals surface area (Å²) in [6.07, 6.45) is 0. The number of carbonyl (C=O) groups is 2. The Bertz CT molecular complexity index is 601. The van der Waals surface area contributed by atoms with Crippen LogP contribution in [-0.4, -0.2) is 23.3 Å². The zero-order chi connectivity index (χ0) is 13.8. The quantitative estimate of drug-likeness (QED) is 0.788. The van der Waals surface area contributed by atoms with Crippen molar-refractivity contribution in [3.8, 4) is 11.5 Å². The summed E-state index contributed by atoms with van der Waals surface area (Å²) >= 11 is 0. The Morgan fingerprint density at radius 1 is 1.26 bits per heavy atom. The molecule has 5 nitrogen and oxygen atoms in total. The topological polar surface area (TPSA) is 69.4 Å². The van der Waals surface area contributed by atoms with Crippen LogP contribution >= 0.6 is 0 Å². The first-order valence-electron chi connectivity index (χ1n) is 5.77. The summed E-state index contributed by atoms with van der Waals surface area (Å²) in [4.78, 5) is 26.6. The van der Waals surface area contributed by atoms with Crippen molar-refractivity contribution in [3.05, 3.63) is 41.8 Å². The zero-order valence-corrected chi connectivity index (χ0v) is 10.7. The third-order valence-electron chi connectivity index (χ3n) is 2.42. The summed E-state index contributed by atoms with van der Waals surface area (Å²) < 4.78 is 10.2. The van der Waals surface area contributed by atoms with Crippen molar-refractivity contribution in [2.45, 2.75) is 13.8 Å². The van der Waals surface area contributed by atoms with Crippen molar-refractivity contribution in [1.82, 2.24) is 4.98 Å². The van der Waals surface area contributed by atoms with Crippen molar-refractivity contribution in [3.63, 3.8) is 0 Å². The second kappa shape index (κ2) is 5.48. The van der Waals surface area contributed by atoms with Gasteiger partial charge in [0.05, 0.1) is 0 Å². The fourth-order valence-corrected chi connectivity index (χ4v) is 1.53. The van der Waals surface area contributed by atoms with Crippen LogP contribution < -0.4 is 0 Å². The van der Waals surface area contributed by atoms with E-state index in [1.165, 1.54) is 6.92 Å². The van der Waals surface area contributed by atoms with E-state index in [0.29, 0.717) is 11.7 Å². The lowest BCUT2D eigenvalue weighted by Gasteiger charge is -1.98. The predicted octanol–water partition coefficient (Wildman–Crippen LogP) is 2.40. The molecule has 0 bridgehead atoms. The summed E-state index contributed by atoms with van der Waals surface area (Å²) in [5.74, 6) is -0.156. The van der Waals surface area contributed by atoms with Gasteiger partial charge in [0.1, 0.15) is 12.4 Å². The van der Waals surface area contributed by atoms with E-state index in [1.807, 2.05) is 30.3 Å². The number of Topliss-reactive ketones (excluding diaryl/α,β-unsaturated/α-hetero) is 1. The molecular weight excluding hydrogens is 246 g/mol. The van der Waals surface area contributed by atoms with Crippen LogP contribution in [0.15, 0.2) is 34.7 Å². The van der Waals surface area contributed by atoms with Gasteiger partial charge in [-0.15, -0.1) is 0 Å². The Kier molecular flexibility index (Phi) is 3.75. The third-order valence-corrected chi connectivity index (χ3v) is 2.42. The molecule has 0 spiro atoms. The van der Waals surface area contributed by atoms with Gasteiger partial charge in [-0.1, -0.05) is 18.2 Å². The molecule has 0 atom stereocenters. The number of nitrogens with zero attached hydrogens (tertiary/aromatic N) is 1. The number of esters is 1. The van der Waals surface area contributed by atoms with Crippen LogP contribution in [0.25, 0.3) is 11.5 Å². The van der Waals surface area contributed by atoms with Crippen molar-refractivity contribution in [2.75, 3.05) is 6.61 Å². The Labute approximate surface area is 110 Å². The van der Waals surface area contributed by atoms with Crippen LogP contribution in [0.5, 0.6) is 0 Å². The molecule has 0 N–H and O–H groups in total. The number of benzene rings is 1. The highest BCUT2D eigenvalue weighted by atomic mass is 16.5. The largest absolute Gasteiger partial charge is 0.453 e. The van der Waals surface area contributed by atoms with Crippen LogP contribution in [0.1, 0.15) is 23.2 Å².